The van der Waals surface area contributed by atoms with Crippen LogP contribution in [-0.2, 0) is 19.5 Å². The summed E-state index contributed by atoms with van der Waals surface area (Å²) >= 11 is 0. The van der Waals surface area contributed by atoms with Crippen LogP contribution < -0.4 is 5.73 Å². The average molecular weight is 228 g/mol. The van der Waals surface area contributed by atoms with Crippen LogP contribution in [-0.4, -0.2) is 21.6 Å². The Morgan fingerprint density at radius 2 is 2.12 bits per heavy atom. The van der Waals surface area contributed by atoms with Crippen molar-refractivity contribution in [2.45, 2.75) is 19.5 Å². The monoisotopic (exact) mass is 228 g/mol. The van der Waals surface area contributed by atoms with Crippen molar-refractivity contribution in [3.8, 4) is 0 Å². The summed E-state index contributed by atoms with van der Waals surface area (Å²) in [6.45, 7) is 2.93. The lowest BCUT2D eigenvalue weighted by Crippen LogP contribution is -2.30. The molecule has 4 heteroatoms. The van der Waals surface area contributed by atoms with Crippen molar-refractivity contribution in [1.82, 2.24) is 15.1 Å². The molecule has 1 aliphatic heterocycles. The average Bonchev–Trinajstić information content (AvgIpc) is 2.73. The van der Waals surface area contributed by atoms with Crippen molar-refractivity contribution in [1.29, 1.82) is 0 Å². The third-order valence-electron chi connectivity index (χ3n) is 3.29. The van der Waals surface area contributed by atoms with Crippen LogP contribution in [0, 0.1) is 0 Å². The molecule has 0 bridgehead atoms. The summed E-state index contributed by atoms with van der Waals surface area (Å²) in [5, 5.41) is 7.07. The molecule has 0 fully saturated rings. The van der Waals surface area contributed by atoms with Gasteiger partial charge >= 0.3 is 0 Å². The van der Waals surface area contributed by atoms with Crippen LogP contribution >= 0.6 is 0 Å². The van der Waals surface area contributed by atoms with Crippen molar-refractivity contribution in [2.24, 2.45) is 0 Å². The number of aromatic amines is 1. The van der Waals surface area contributed by atoms with Crippen molar-refractivity contribution < 1.29 is 0 Å². The number of nitrogens with two attached hydrogens (primary N) is 1. The Kier molecular flexibility index (Phi) is 2.57. The number of fused-ring (bicyclic) bond motifs is 1. The lowest BCUT2D eigenvalue weighted by molar-refractivity contribution is 0.245. The number of nitrogens with zero attached hydrogens (tertiary/aromatic N) is 2. The zero-order chi connectivity index (χ0) is 11.7. The van der Waals surface area contributed by atoms with Crippen LogP contribution in [0.5, 0.6) is 0 Å². The van der Waals surface area contributed by atoms with Crippen LogP contribution in [0.25, 0.3) is 0 Å². The molecule has 1 aliphatic rings. The molecule has 0 saturated heterocycles. The van der Waals surface area contributed by atoms with E-state index in [1.165, 1.54) is 16.8 Å². The second-order valence-electron chi connectivity index (χ2n) is 4.51. The molecule has 2 aromatic rings. The van der Waals surface area contributed by atoms with E-state index in [4.69, 9.17) is 5.73 Å². The second kappa shape index (κ2) is 4.22. The first-order chi connectivity index (χ1) is 8.33. The number of aromatic nitrogens is 2. The number of H-pyrrole nitrogens is 1. The number of hydrogen-bond acceptors (Lipinski definition) is 3. The van der Waals surface area contributed by atoms with Gasteiger partial charge in [-0.3, -0.25) is 10.00 Å². The summed E-state index contributed by atoms with van der Waals surface area (Å²) in [6.07, 6.45) is 1.01. The van der Waals surface area contributed by atoms with E-state index in [-0.39, 0.29) is 0 Å². The van der Waals surface area contributed by atoms with Gasteiger partial charge in [-0.15, -0.1) is 0 Å². The molecule has 0 unspecified atom stereocenters. The van der Waals surface area contributed by atoms with Crippen LogP contribution in [0.2, 0.25) is 0 Å². The largest absolute Gasteiger partial charge is 0.382 e. The van der Waals surface area contributed by atoms with Gasteiger partial charge in [0.1, 0.15) is 5.82 Å². The maximum atomic E-state index is 5.85. The second-order valence-corrected chi connectivity index (χ2v) is 4.51. The number of benzene rings is 1. The predicted molar refractivity (Wildman–Crippen MR) is 67.3 cm³/mol. The first-order valence-electron chi connectivity index (χ1n) is 5.91. The van der Waals surface area contributed by atoms with Crippen molar-refractivity contribution in [3.63, 3.8) is 0 Å². The standard InChI is InChI=1S/C13H16N4/c14-13-11-9-17(7-6-12(11)15-16-13)8-10-4-2-1-3-5-10/h1-5H,6-9H2,(H3,14,15,16). The molecule has 0 atom stereocenters. The minimum atomic E-state index is 0.651. The SMILES string of the molecule is Nc1n[nH]c2c1CN(Cc1ccccc1)CC2. The normalized spacial score (nSPS) is 15.8. The van der Waals surface area contributed by atoms with Crippen LogP contribution in [0.4, 0.5) is 5.82 Å². The van der Waals surface area contributed by atoms with Gasteiger partial charge in [-0.25, -0.2) is 0 Å². The molecule has 0 radical (unpaired) electrons. The minimum Gasteiger partial charge on any atom is -0.382 e. The van der Waals surface area contributed by atoms with E-state index in [0.29, 0.717) is 5.82 Å². The van der Waals surface area contributed by atoms with E-state index in [1.54, 1.807) is 0 Å². The zero-order valence-corrected chi connectivity index (χ0v) is 9.69. The molecule has 3 N–H and O–H groups in total. The van der Waals surface area contributed by atoms with Gasteiger partial charge in [-0.2, -0.15) is 5.10 Å². The van der Waals surface area contributed by atoms with Gasteiger partial charge in [0.15, 0.2) is 0 Å². The van der Waals surface area contributed by atoms with Gasteiger partial charge in [0.25, 0.3) is 0 Å². The number of anilines is 1. The quantitative estimate of drug-likeness (QED) is 0.820. The fourth-order valence-corrected chi connectivity index (χ4v) is 2.35. The van der Waals surface area contributed by atoms with Gasteiger partial charge < -0.3 is 5.73 Å². The molecule has 1 aromatic carbocycles. The third kappa shape index (κ3) is 2.03. The van der Waals surface area contributed by atoms with E-state index in [9.17, 15) is 0 Å². The summed E-state index contributed by atoms with van der Waals surface area (Å²) in [5.41, 5.74) is 9.57. The maximum absolute atomic E-state index is 5.85. The van der Waals surface area contributed by atoms with Crippen molar-refractivity contribution in [3.05, 3.63) is 47.2 Å². The molecule has 0 saturated carbocycles. The molecule has 88 valence electrons. The molecule has 3 rings (SSSR count). The third-order valence-corrected chi connectivity index (χ3v) is 3.29. The number of rotatable bonds is 2. The number of hydrogen-bond donors (Lipinski definition) is 2. The lowest BCUT2D eigenvalue weighted by Gasteiger charge is -2.26. The maximum Gasteiger partial charge on any atom is 0.149 e. The fraction of sp³-hybridized carbons (Fsp3) is 0.308. The van der Waals surface area contributed by atoms with Gasteiger partial charge in [0.2, 0.25) is 0 Å². The summed E-state index contributed by atoms with van der Waals surface area (Å²) in [4.78, 5) is 2.41. The van der Waals surface area contributed by atoms with E-state index < -0.39 is 0 Å². The lowest BCUT2D eigenvalue weighted by atomic mass is 10.1. The fourth-order valence-electron chi connectivity index (χ4n) is 2.35. The Morgan fingerprint density at radius 1 is 1.29 bits per heavy atom. The highest BCUT2D eigenvalue weighted by Crippen LogP contribution is 2.22. The number of nitrogen functional groups attached to an aromatic ring is 1. The summed E-state index contributed by atoms with van der Waals surface area (Å²) in [5.74, 6) is 0.651. The van der Waals surface area contributed by atoms with E-state index >= 15 is 0 Å². The molecule has 0 aliphatic carbocycles. The van der Waals surface area contributed by atoms with Crippen molar-refractivity contribution >= 4 is 5.82 Å². The van der Waals surface area contributed by atoms with Gasteiger partial charge in [-0.05, 0) is 5.56 Å². The topological polar surface area (TPSA) is 57.9 Å². The highest BCUT2D eigenvalue weighted by molar-refractivity contribution is 5.43. The van der Waals surface area contributed by atoms with Gasteiger partial charge in [0.05, 0.1) is 0 Å². The van der Waals surface area contributed by atoms with Crippen molar-refractivity contribution in [2.75, 3.05) is 12.3 Å². The molecule has 4 nitrogen and oxygen atoms in total. The molecule has 0 amide bonds. The van der Waals surface area contributed by atoms with Crippen LogP contribution in [0.3, 0.4) is 0 Å². The van der Waals surface area contributed by atoms with E-state index in [2.05, 4.69) is 39.4 Å². The van der Waals surface area contributed by atoms with E-state index in [0.717, 1.165) is 26.1 Å². The smallest absolute Gasteiger partial charge is 0.149 e. The number of nitrogens with one attached hydrogen (secondary N) is 1. The first-order valence-corrected chi connectivity index (χ1v) is 5.91. The van der Waals surface area contributed by atoms with E-state index in [1.807, 2.05) is 6.07 Å². The minimum absolute atomic E-state index is 0.651. The summed E-state index contributed by atoms with van der Waals surface area (Å²) < 4.78 is 0. The Morgan fingerprint density at radius 3 is 2.94 bits per heavy atom. The molecular weight excluding hydrogens is 212 g/mol. The highest BCUT2D eigenvalue weighted by Gasteiger charge is 2.20. The Bertz CT molecular complexity index is 503. The molecule has 17 heavy (non-hydrogen) atoms. The molecule has 1 aromatic heterocycles. The summed E-state index contributed by atoms with van der Waals surface area (Å²) in [6, 6.07) is 10.5. The zero-order valence-electron chi connectivity index (χ0n) is 9.69. The predicted octanol–water partition coefficient (Wildman–Crippen LogP) is 1.55. The Balaban J connectivity index is 1.74. The Hall–Kier alpha value is -1.81. The Labute approximate surface area is 100 Å². The molecule has 0 spiro atoms. The first kappa shape index (κ1) is 10.4. The molecule has 2 heterocycles. The van der Waals surface area contributed by atoms with Crippen LogP contribution in [0.1, 0.15) is 16.8 Å². The van der Waals surface area contributed by atoms with Crippen LogP contribution in [0.15, 0.2) is 30.3 Å². The molecular formula is C13H16N4. The van der Waals surface area contributed by atoms with Gasteiger partial charge in [0, 0.05) is 37.3 Å². The van der Waals surface area contributed by atoms with Gasteiger partial charge in [-0.1, -0.05) is 30.3 Å². The highest BCUT2D eigenvalue weighted by atomic mass is 15.2. The summed E-state index contributed by atoms with van der Waals surface area (Å²) in [7, 11) is 0.